The summed E-state index contributed by atoms with van der Waals surface area (Å²) in [5, 5.41) is 54.6. The Morgan fingerprint density at radius 3 is 1.22 bits per heavy atom. The van der Waals surface area contributed by atoms with Gasteiger partial charge in [0, 0.05) is 6.42 Å². The number of ether oxygens (including phenoxy) is 2. The predicted octanol–water partition coefficient (Wildman–Crippen LogP) is 17.7. The third kappa shape index (κ3) is 47.6. The van der Waals surface area contributed by atoms with Crippen LogP contribution in [0.25, 0.3) is 0 Å². The van der Waals surface area contributed by atoms with Crippen LogP contribution in [-0.4, -0.2) is 87.5 Å². The van der Waals surface area contributed by atoms with E-state index in [4.69, 9.17) is 9.47 Å². The van der Waals surface area contributed by atoms with Gasteiger partial charge in [0.1, 0.15) is 24.4 Å². The number of hydrogen-bond donors (Lipinski definition) is 6. The monoisotopic (exact) mass is 1110 g/mol. The average Bonchev–Trinajstić information content (AvgIpc) is 3.48. The number of rotatable bonds is 57. The number of aliphatic hydroxyl groups excluding tert-OH is 5. The van der Waals surface area contributed by atoms with Gasteiger partial charge in [-0.3, -0.25) is 4.79 Å². The van der Waals surface area contributed by atoms with Gasteiger partial charge in [0.05, 0.1) is 25.4 Å². The second-order valence-electron chi connectivity index (χ2n) is 22.9. The van der Waals surface area contributed by atoms with Gasteiger partial charge < -0.3 is 40.3 Å². The molecule has 9 nitrogen and oxygen atoms in total. The van der Waals surface area contributed by atoms with E-state index in [-0.39, 0.29) is 12.5 Å². The van der Waals surface area contributed by atoms with E-state index in [9.17, 15) is 30.3 Å². The first-order valence-electron chi connectivity index (χ1n) is 33.3. The average molecular weight is 1110 g/mol. The third-order valence-electron chi connectivity index (χ3n) is 15.5. The molecule has 1 saturated heterocycles. The molecule has 9 heteroatoms. The molecule has 1 aliphatic rings. The highest BCUT2D eigenvalue weighted by Gasteiger charge is 2.44. The highest BCUT2D eigenvalue weighted by Crippen LogP contribution is 2.23. The van der Waals surface area contributed by atoms with Gasteiger partial charge in [-0.05, 0) is 77.0 Å². The minimum Gasteiger partial charge on any atom is -0.394 e. The molecule has 1 fully saturated rings. The molecule has 6 N–H and O–H groups in total. The maximum atomic E-state index is 13.1. The molecular weight excluding hydrogens is 983 g/mol. The number of hydrogen-bond acceptors (Lipinski definition) is 8. The van der Waals surface area contributed by atoms with Crippen LogP contribution in [0.2, 0.25) is 0 Å². The van der Waals surface area contributed by atoms with Crippen molar-refractivity contribution in [2.24, 2.45) is 0 Å². The fourth-order valence-electron chi connectivity index (χ4n) is 10.3. The summed E-state index contributed by atoms with van der Waals surface area (Å²) in [6.45, 7) is 3.67. The van der Waals surface area contributed by atoms with Crippen molar-refractivity contribution in [2.75, 3.05) is 13.2 Å². The Hall–Kier alpha value is -2.63. The van der Waals surface area contributed by atoms with Crippen LogP contribution in [0.1, 0.15) is 296 Å². The molecule has 0 aliphatic carbocycles. The molecule has 79 heavy (non-hydrogen) atoms. The Bertz CT molecular complexity index is 1520. The van der Waals surface area contributed by atoms with Crippen molar-refractivity contribution >= 4 is 5.91 Å². The van der Waals surface area contributed by atoms with Crippen LogP contribution in [0, 0.1) is 0 Å². The first kappa shape index (κ1) is 74.4. The maximum absolute atomic E-state index is 13.1. The molecule has 7 atom stereocenters. The Morgan fingerprint density at radius 2 is 0.797 bits per heavy atom. The molecule has 458 valence electrons. The Kier molecular flexibility index (Phi) is 55.1. The molecule has 7 unspecified atom stereocenters. The molecule has 0 aromatic rings. The van der Waals surface area contributed by atoms with Crippen molar-refractivity contribution in [3.63, 3.8) is 0 Å². The lowest BCUT2D eigenvalue weighted by Crippen LogP contribution is -2.60. The van der Waals surface area contributed by atoms with E-state index in [0.717, 1.165) is 70.6 Å². The zero-order chi connectivity index (χ0) is 57.2. The normalized spacial score (nSPS) is 19.1. The van der Waals surface area contributed by atoms with Crippen molar-refractivity contribution in [3.05, 3.63) is 85.1 Å². The van der Waals surface area contributed by atoms with Gasteiger partial charge in [-0.25, -0.2) is 0 Å². The van der Waals surface area contributed by atoms with E-state index >= 15 is 0 Å². The van der Waals surface area contributed by atoms with Crippen LogP contribution in [-0.2, 0) is 14.3 Å². The largest absolute Gasteiger partial charge is 0.394 e. The lowest BCUT2D eigenvalue weighted by molar-refractivity contribution is -0.302. The van der Waals surface area contributed by atoms with Crippen LogP contribution in [0.5, 0.6) is 0 Å². The first-order chi connectivity index (χ1) is 38.8. The summed E-state index contributed by atoms with van der Waals surface area (Å²) in [6.07, 6.45) is 76.9. The van der Waals surface area contributed by atoms with Crippen molar-refractivity contribution < 1.29 is 39.8 Å². The van der Waals surface area contributed by atoms with Crippen LogP contribution >= 0.6 is 0 Å². The van der Waals surface area contributed by atoms with E-state index in [2.05, 4.69) is 92.1 Å². The smallest absolute Gasteiger partial charge is 0.220 e. The van der Waals surface area contributed by atoms with E-state index < -0.39 is 49.5 Å². The maximum Gasteiger partial charge on any atom is 0.220 e. The molecule has 1 amide bonds. The lowest BCUT2D eigenvalue weighted by Gasteiger charge is -2.40. The molecule has 0 radical (unpaired) electrons. The highest BCUT2D eigenvalue weighted by atomic mass is 16.7. The molecule has 0 spiro atoms. The topological polar surface area (TPSA) is 149 Å². The molecule has 1 heterocycles. The number of carbonyl (C=O) groups is 1. The van der Waals surface area contributed by atoms with E-state index in [1.54, 1.807) is 6.08 Å². The predicted molar refractivity (Wildman–Crippen MR) is 336 cm³/mol. The quantitative estimate of drug-likeness (QED) is 0.0261. The Labute approximate surface area is 486 Å². The van der Waals surface area contributed by atoms with Crippen molar-refractivity contribution in [1.29, 1.82) is 0 Å². The Morgan fingerprint density at radius 1 is 0.443 bits per heavy atom. The minimum absolute atomic E-state index is 0.184. The summed E-state index contributed by atoms with van der Waals surface area (Å²) in [5.41, 5.74) is 0. The summed E-state index contributed by atoms with van der Waals surface area (Å²) in [4.78, 5) is 13.1. The molecular formula is C70H125NO8. The number of carbonyl (C=O) groups excluding carboxylic acids is 1. The van der Waals surface area contributed by atoms with E-state index in [0.29, 0.717) is 6.42 Å². The molecule has 0 saturated carbocycles. The van der Waals surface area contributed by atoms with Gasteiger partial charge in [-0.2, -0.15) is 0 Å². The second kappa shape index (κ2) is 58.6. The van der Waals surface area contributed by atoms with Crippen LogP contribution in [0.3, 0.4) is 0 Å². The summed E-state index contributed by atoms with van der Waals surface area (Å²) in [6, 6.07) is -0.823. The second-order valence-corrected chi connectivity index (χ2v) is 22.9. The number of unbranched alkanes of at least 4 members (excludes halogenated alkanes) is 35. The van der Waals surface area contributed by atoms with Crippen LogP contribution < -0.4 is 5.32 Å². The number of aliphatic hydroxyl groups is 5. The van der Waals surface area contributed by atoms with Gasteiger partial charge in [-0.15, -0.1) is 0 Å². The summed E-state index contributed by atoms with van der Waals surface area (Å²) in [7, 11) is 0. The molecule has 1 rings (SSSR count). The fourth-order valence-corrected chi connectivity index (χ4v) is 10.3. The van der Waals surface area contributed by atoms with Crippen molar-refractivity contribution in [2.45, 2.75) is 339 Å². The molecule has 0 aromatic carbocycles. The first-order valence-corrected chi connectivity index (χ1v) is 33.3. The Balaban J connectivity index is 2.08. The van der Waals surface area contributed by atoms with Crippen LogP contribution in [0.15, 0.2) is 85.1 Å². The number of nitrogens with one attached hydrogen (secondary N) is 1. The number of amides is 1. The highest BCUT2D eigenvalue weighted by molar-refractivity contribution is 5.76. The van der Waals surface area contributed by atoms with E-state index in [1.807, 2.05) is 6.08 Å². The van der Waals surface area contributed by atoms with Gasteiger partial charge in [0.25, 0.3) is 0 Å². The lowest BCUT2D eigenvalue weighted by atomic mass is 9.99. The van der Waals surface area contributed by atoms with Gasteiger partial charge in [0.15, 0.2) is 6.29 Å². The minimum atomic E-state index is -1.57. The van der Waals surface area contributed by atoms with Crippen molar-refractivity contribution in [1.82, 2.24) is 5.32 Å². The molecule has 0 bridgehead atoms. The van der Waals surface area contributed by atoms with Gasteiger partial charge >= 0.3 is 0 Å². The third-order valence-corrected chi connectivity index (χ3v) is 15.5. The van der Waals surface area contributed by atoms with Gasteiger partial charge in [-0.1, -0.05) is 298 Å². The summed E-state index contributed by atoms with van der Waals surface area (Å²) < 4.78 is 11.3. The van der Waals surface area contributed by atoms with Crippen molar-refractivity contribution in [3.8, 4) is 0 Å². The van der Waals surface area contributed by atoms with E-state index in [1.165, 1.54) is 205 Å². The zero-order valence-corrected chi connectivity index (χ0v) is 51.1. The summed E-state index contributed by atoms with van der Waals surface area (Å²) in [5.74, 6) is -0.184. The molecule has 1 aliphatic heterocycles. The zero-order valence-electron chi connectivity index (χ0n) is 51.1. The molecule has 0 aromatic heterocycles. The number of allylic oxidation sites excluding steroid dienone is 13. The standard InChI is InChI=1S/C70H125NO8/c1-3-5-7-9-11-13-15-17-19-21-22-23-24-25-26-27-28-29-30-31-32-33-34-35-36-37-38-39-40-41-42-44-46-48-50-52-54-56-58-60-66(74)71-63(62-78-70-69(77)68(76)67(75)65(61-72)79-70)64(73)59-57-55-53-51-49-47-45-43-20-18-16-14-12-10-8-6-4-2/h5,7,11,13,17,19,22-23,25-26,49,51,57,59,63-65,67-70,72-73,75-77H,3-4,6,8-10,12,14-16,18,20-21,24,27-48,50,52-56,58,60-62H2,1-2H3,(H,71,74)/b7-5-,13-11-,19-17-,23-22-,26-25-,51-49+,59-57+. The van der Waals surface area contributed by atoms with Gasteiger partial charge in [0.2, 0.25) is 5.91 Å². The fraction of sp³-hybridized carbons (Fsp3) is 0.786. The van der Waals surface area contributed by atoms with Crippen LogP contribution in [0.4, 0.5) is 0 Å². The SMILES string of the molecule is CC/C=C\C/C=C\C/C=C\C/C=C\C/C=C\CCCCCCCCCCCCCCCCCCCCCCCCCC(=O)NC(COC1OC(CO)C(O)C(O)C1O)C(O)/C=C/CC/C=C/CCCCCCCCCCCCC. The summed E-state index contributed by atoms with van der Waals surface area (Å²) >= 11 is 0.